The highest BCUT2D eigenvalue weighted by molar-refractivity contribution is 6.27. The van der Waals surface area contributed by atoms with Crippen LogP contribution in [0.1, 0.15) is 71.6 Å². The molecule has 1 aromatic rings. The molecule has 1 fully saturated rings. The lowest BCUT2D eigenvalue weighted by atomic mass is 9.84. The summed E-state index contributed by atoms with van der Waals surface area (Å²) in [6.45, 7) is 6.77. The maximum Gasteiger partial charge on any atom is 0.414 e. The molecule has 0 atom stereocenters. The van der Waals surface area contributed by atoms with E-state index >= 15 is 0 Å². The summed E-state index contributed by atoms with van der Waals surface area (Å²) in [5.74, 6) is -3.99. The third-order valence-corrected chi connectivity index (χ3v) is 6.25. The number of aliphatic carboxylic acids is 2. The lowest BCUT2D eigenvalue weighted by molar-refractivity contribution is -0.159. The minimum atomic E-state index is -1.82. The van der Waals surface area contributed by atoms with Gasteiger partial charge in [0.1, 0.15) is 5.54 Å². The number of carbonyl (C=O) groups is 4. The first-order valence-electron chi connectivity index (χ1n) is 12.4. The number of ether oxygens (including phenoxy) is 1. The van der Waals surface area contributed by atoms with Crippen LogP contribution in [0.2, 0.25) is 0 Å². The van der Waals surface area contributed by atoms with Crippen molar-refractivity contribution in [3.8, 4) is 0 Å². The zero-order chi connectivity index (χ0) is 26.3. The first-order valence-corrected chi connectivity index (χ1v) is 12.4. The molecular formula is C26H40N2O7. The molecule has 2 N–H and O–H groups in total. The molecule has 0 unspecified atom stereocenters. The number of nitrogens with zero attached hydrogens (tertiary/aromatic N) is 2. The molecule has 196 valence electrons. The van der Waals surface area contributed by atoms with Crippen molar-refractivity contribution in [2.24, 2.45) is 0 Å². The highest BCUT2D eigenvalue weighted by Crippen LogP contribution is 2.35. The van der Waals surface area contributed by atoms with Crippen LogP contribution in [0.25, 0.3) is 0 Å². The van der Waals surface area contributed by atoms with Gasteiger partial charge in [-0.2, -0.15) is 0 Å². The van der Waals surface area contributed by atoms with Gasteiger partial charge in [-0.3, -0.25) is 9.69 Å². The molecule has 1 aromatic carbocycles. The van der Waals surface area contributed by atoms with Gasteiger partial charge in [0.05, 0.1) is 7.11 Å². The number of hydrogen-bond donors (Lipinski definition) is 2. The van der Waals surface area contributed by atoms with Crippen LogP contribution in [0.4, 0.5) is 5.69 Å². The summed E-state index contributed by atoms with van der Waals surface area (Å²) in [6.07, 6.45) is 9.27. The van der Waals surface area contributed by atoms with Gasteiger partial charge < -0.3 is 19.8 Å². The first-order chi connectivity index (χ1) is 16.7. The number of hydrogen-bond acceptors (Lipinski definition) is 6. The van der Waals surface area contributed by atoms with Gasteiger partial charge in [-0.15, -0.1) is 0 Å². The van der Waals surface area contributed by atoms with E-state index in [0.717, 1.165) is 25.3 Å². The molecular weight excluding hydrogens is 452 g/mol. The molecule has 1 aliphatic rings. The smallest absolute Gasteiger partial charge is 0.414 e. The summed E-state index contributed by atoms with van der Waals surface area (Å²) in [4.78, 5) is 48.2. The lowest BCUT2D eigenvalue weighted by Gasteiger charge is -2.46. The van der Waals surface area contributed by atoms with Gasteiger partial charge in [-0.05, 0) is 37.9 Å². The second-order valence-corrected chi connectivity index (χ2v) is 8.66. The maximum atomic E-state index is 13.0. The van der Waals surface area contributed by atoms with Crippen LogP contribution in [-0.2, 0) is 23.9 Å². The minimum Gasteiger partial charge on any atom is -0.473 e. The van der Waals surface area contributed by atoms with E-state index in [-0.39, 0.29) is 11.9 Å². The first kappa shape index (κ1) is 30.1. The second kappa shape index (κ2) is 15.9. The zero-order valence-corrected chi connectivity index (χ0v) is 21.2. The zero-order valence-electron chi connectivity index (χ0n) is 21.2. The Morgan fingerprint density at radius 1 is 0.914 bits per heavy atom. The molecule has 9 nitrogen and oxygen atoms in total. The number of methoxy groups -OCH3 is 1. The van der Waals surface area contributed by atoms with Crippen molar-refractivity contribution in [1.29, 1.82) is 0 Å². The second-order valence-electron chi connectivity index (χ2n) is 8.66. The molecule has 9 heteroatoms. The molecule has 1 saturated heterocycles. The predicted octanol–water partition coefficient (Wildman–Crippen LogP) is 3.95. The Kier molecular flexibility index (Phi) is 13.6. The standard InChI is InChI=1S/C24H38N2O3.C2H2O4/c1-4-6-7-8-9-13-18-25-19-16-24(17-20-25,23(28)29-3)26(22(27)5-2)21-14-11-10-12-15-21;3-1(4)2(5)6/h10-12,14-15H,4-9,13,16-20H2,1-3H3;(H,3,4)(H,5,6). The summed E-state index contributed by atoms with van der Waals surface area (Å²) in [5, 5.41) is 14.8. The van der Waals surface area contributed by atoms with Crippen molar-refractivity contribution in [2.45, 2.75) is 77.2 Å². The third-order valence-electron chi connectivity index (χ3n) is 6.25. The van der Waals surface area contributed by atoms with Gasteiger partial charge in [0.2, 0.25) is 5.91 Å². The van der Waals surface area contributed by atoms with E-state index in [9.17, 15) is 9.59 Å². The van der Waals surface area contributed by atoms with Crippen LogP contribution in [-0.4, -0.2) is 71.2 Å². The van der Waals surface area contributed by atoms with Crippen molar-refractivity contribution < 1.29 is 34.1 Å². The minimum absolute atomic E-state index is 0.0361. The van der Waals surface area contributed by atoms with E-state index in [0.29, 0.717) is 19.3 Å². The van der Waals surface area contributed by atoms with Crippen molar-refractivity contribution in [1.82, 2.24) is 4.90 Å². The number of piperidine rings is 1. The Hall–Kier alpha value is -2.94. The lowest BCUT2D eigenvalue weighted by Crippen LogP contribution is -2.62. The van der Waals surface area contributed by atoms with Crippen LogP contribution >= 0.6 is 0 Å². The number of carboxylic acid groups (broad SMARTS) is 2. The largest absolute Gasteiger partial charge is 0.473 e. The number of rotatable bonds is 11. The molecule has 0 spiro atoms. The van der Waals surface area contributed by atoms with Gasteiger partial charge in [0, 0.05) is 25.2 Å². The van der Waals surface area contributed by atoms with E-state index in [2.05, 4.69) is 11.8 Å². The molecule has 0 aromatic heterocycles. The van der Waals surface area contributed by atoms with E-state index in [1.807, 2.05) is 37.3 Å². The number of esters is 1. The molecule has 0 aliphatic carbocycles. The van der Waals surface area contributed by atoms with Gasteiger partial charge >= 0.3 is 17.9 Å². The van der Waals surface area contributed by atoms with Gasteiger partial charge in [-0.25, -0.2) is 14.4 Å². The van der Waals surface area contributed by atoms with Gasteiger partial charge in [-0.1, -0.05) is 64.2 Å². The van der Waals surface area contributed by atoms with E-state index in [4.69, 9.17) is 24.5 Å². The maximum absolute atomic E-state index is 13.0. The Morgan fingerprint density at radius 3 is 1.94 bits per heavy atom. The molecule has 0 saturated carbocycles. The average molecular weight is 493 g/mol. The summed E-state index contributed by atoms with van der Waals surface area (Å²) >= 11 is 0. The van der Waals surface area contributed by atoms with Crippen molar-refractivity contribution >= 4 is 29.5 Å². The summed E-state index contributed by atoms with van der Waals surface area (Å²) in [7, 11) is 1.42. The van der Waals surface area contributed by atoms with Crippen LogP contribution < -0.4 is 4.90 Å². The number of unbranched alkanes of at least 4 members (excludes halogenated alkanes) is 5. The molecule has 2 rings (SSSR count). The number of para-hydroxylation sites is 1. The monoisotopic (exact) mass is 492 g/mol. The van der Waals surface area contributed by atoms with Crippen LogP contribution in [0.15, 0.2) is 30.3 Å². The van der Waals surface area contributed by atoms with E-state index in [1.165, 1.54) is 45.6 Å². The summed E-state index contributed by atoms with van der Waals surface area (Å²) in [5.41, 5.74) is -0.144. The number of amides is 1. The number of likely N-dealkylation sites (tertiary alicyclic amines) is 1. The summed E-state index contributed by atoms with van der Waals surface area (Å²) < 4.78 is 5.21. The quantitative estimate of drug-likeness (QED) is 0.270. The van der Waals surface area contributed by atoms with Gasteiger partial charge in [0.25, 0.3) is 0 Å². The highest BCUT2D eigenvalue weighted by Gasteiger charge is 2.49. The van der Waals surface area contributed by atoms with Gasteiger partial charge in [0.15, 0.2) is 0 Å². The topological polar surface area (TPSA) is 124 Å². The normalized spacial score (nSPS) is 14.8. The fraction of sp³-hybridized carbons (Fsp3) is 0.615. The molecule has 0 bridgehead atoms. The Labute approximate surface area is 208 Å². The molecule has 1 heterocycles. The van der Waals surface area contributed by atoms with Crippen molar-refractivity contribution in [3.05, 3.63) is 30.3 Å². The van der Waals surface area contributed by atoms with Crippen LogP contribution in [0, 0.1) is 0 Å². The van der Waals surface area contributed by atoms with Crippen LogP contribution in [0.3, 0.4) is 0 Å². The number of benzene rings is 1. The molecule has 1 aliphatic heterocycles. The number of carbonyl (C=O) groups excluding carboxylic acids is 2. The fourth-order valence-electron chi connectivity index (χ4n) is 4.34. The van der Waals surface area contributed by atoms with Crippen LogP contribution in [0.5, 0.6) is 0 Å². The predicted molar refractivity (Wildman–Crippen MR) is 133 cm³/mol. The number of carboxylic acids is 2. The third kappa shape index (κ3) is 9.32. The average Bonchev–Trinajstić information content (AvgIpc) is 2.87. The Morgan fingerprint density at radius 2 is 1.46 bits per heavy atom. The Balaban J connectivity index is 0.000000905. The molecule has 1 amide bonds. The van der Waals surface area contributed by atoms with E-state index < -0.39 is 17.5 Å². The molecule has 0 radical (unpaired) electrons. The van der Waals surface area contributed by atoms with Crippen molar-refractivity contribution in [2.75, 3.05) is 31.6 Å². The highest BCUT2D eigenvalue weighted by atomic mass is 16.5. The van der Waals surface area contributed by atoms with E-state index in [1.54, 1.807) is 4.90 Å². The Bertz CT molecular complexity index is 793. The van der Waals surface area contributed by atoms with Crippen molar-refractivity contribution in [3.63, 3.8) is 0 Å². The summed E-state index contributed by atoms with van der Waals surface area (Å²) in [6, 6.07) is 9.54. The SMILES string of the molecule is CCCCCCCCN1CCC(C(=O)OC)(N(C(=O)CC)c2ccccc2)CC1.O=C(O)C(=O)O. The number of anilines is 1. The fourth-order valence-corrected chi connectivity index (χ4v) is 4.34. The molecule has 35 heavy (non-hydrogen) atoms.